The molecule has 0 aromatic carbocycles. The van der Waals surface area contributed by atoms with E-state index < -0.39 is 0 Å². The predicted molar refractivity (Wildman–Crippen MR) is 68.1 cm³/mol. The highest BCUT2D eigenvalue weighted by atomic mass is 35.5. The monoisotopic (exact) mass is 245 g/mol. The first kappa shape index (κ1) is 12.7. The van der Waals surface area contributed by atoms with Gasteiger partial charge >= 0.3 is 0 Å². The van der Waals surface area contributed by atoms with Crippen LogP contribution in [-0.4, -0.2) is 42.1 Å². The fraction of sp³-hybridized carbons (Fsp3) is 1.00. The normalized spacial score (nSPS) is 30.9. The Morgan fingerprint density at radius 3 is 2.56 bits per heavy atom. The first-order valence-electron chi connectivity index (χ1n) is 6.75. The van der Waals surface area contributed by atoms with Crippen LogP contribution < -0.4 is 0 Å². The highest BCUT2D eigenvalue weighted by Crippen LogP contribution is 2.27. The quantitative estimate of drug-likeness (QED) is 0.667. The Balaban J connectivity index is 1.76. The van der Waals surface area contributed by atoms with Crippen LogP contribution in [0, 0.1) is 0 Å². The molecule has 2 fully saturated rings. The van der Waals surface area contributed by atoms with Crippen molar-refractivity contribution in [3.8, 4) is 0 Å². The van der Waals surface area contributed by atoms with E-state index in [9.17, 15) is 0 Å². The van der Waals surface area contributed by atoms with Gasteiger partial charge in [-0.1, -0.05) is 6.42 Å². The maximum Gasteiger partial charge on any atom is 0.0706 e. The molecule has 1 aliphatic heterocycles. The van der Waals surface area contributed by atoms with E-state index in [0.717, 1.165) is 31.4 Å². The smallest absolute Gasteiger partial charge is 0.0706 e. The molecule has 1 saturated heterocycles. The van der Waals surface area contributed by atoms with Gasteiger partial charge in [-0.05, 0) is 45.6 Å². The molecule has 2 atom stereocenters. The average Bonchev–Trinajstić information content (AvgIpc) is 2.58. The van der Waals surface area contributed by atoms with E-state index in [-0.39, 0.29) is 0 Å². The second-order valence-electron chi connectivity index (χ2n) is 5.27. The molecule has 2 rings (SSSR count). The first-order chi connectivity index (χ1) is 7.79. The van der Waals surface area contributed by atoms with Crippen LogP contribution in [0.3, 0.4) is 0 Å². The maximum atomic E-state index is 5.92. The summed E-state index contributed by atoms with van der Waals surface area (Å²) in [5.74, 6) is 0.783. The molecule has 0 N–H and O–H groups in total. The van der Waals surface area contributed by atoms with Crippen molar-refractivity contribution in [3.63, 3.8) is 0 Å². The number of alkyl halides is 1. The third-order valence-electron chi connectivity index (χ3n) is 3.93. The minimum Gasteiger partial charge on any atom is -0.374 e. The molecule has 1 saturated carbocycles. The van der Waals surface area contributed by atoms with E-state index in [2.05, 4.69) is 11.8 Å². The molecule has 1 aliphatic carbocycles. The fourth-order valence-corrected chi connectivity index (χ4v) is 2.84. The van der Waals surface area contributed by atoms with Crippen molar-refractivity contribution in [1.29, 1.82) is 0 Å². The molecule has 94 valence electrons. The second-order valence-corrected chi connectivity index (χ2v) is 5.65. The predicted octanol–water partition coefficient (Wildman–Crippen LogP) is 3.04. The van der Waals surface area contributed by atoms with Gasteiger partial charge in [0.05, 0.1) is 12.2 Å². The zero-order chi connectivity index (χ0) is 11.4. The van der Waals surface area contributed by atoms with Gasteiger partial charge in [0.25, 0.3) is 0 Å². The van der Waals surface area contributed by atoms with Gasteiger partial charge < -0.3 is 4.74 Å². The van der Waals surface area contributed by atoms with Gasteiger partial charge in [-0.2, -0.15) is 0 Å². The zero-order valence-electron chi connectivity index (χ0n) is 10.3. The van der Waals surface area contributed by atoms with Crippen molar-refractivity contribution < 1.29 is 4.74 Å². The molecule has 0 aromatic rings. The first-order valence-corrected chi connectivity index (χ1v) is 7.28. The third-order valence-corrected chi connectivity index (χ3v) is 4.20. The summed E-state index contributed by atoms with van der Waals surface area (Å²) in [5.41, 5.74) is 0. The summed E-state index contributed by atoms with van der Waals surface area (Å²) in [6.07, 6.45) is 8.70. The molecule has 0 amide bonds. The van der Waals surface area contributed by atoms with E-state index in [1.165, 1.54) is 32.1 Å². The van der Waals surface area contributed by atoms with Crippen molar-refractivity contribution in [2.75, 3.05) is 19.0 Å². The van der Waals surface area contributed by atoms with Crippen LogP contribution in [0.4, 0.5) is 0 Å². The van der Waals surface area contributed by atoms with Gasteiger partial charge in [0, 0.05) is 18.5 Å². The van der Waals surface area contributed by atoms with Crippen LogP contribution in [0.5, 0.6) is 0 Å². The lowest BCUT2D eigenvalue weighted by Gasteiger charge is -2.38. The Bertz CT molecular complexity index is 208. The van der Waals surface area contributed by atoms with Crippen molar-refractivity contribution in [1.82, 2.24) is 4.90 Å². The van der Waals surface area contributed by atoms with E-state index >= 15 is 0 Å². The molecular formula is C13H24ClNO. The molecule has 2 nitrogen and oxygen atoms in total. The maximum absolute atomic E-state index is 5.92. The molecule has 0 radical (unpaired) electrons. The number of halogens is 1. The molecule has 3 heteroatoms. The standard InChI is InChI=1S/C13H24ClNO/c1-11-6-7-13(16-11)10-15(9-3-8-14)12-4-2-5-12/h11-13H,2-10H2,1H3. The van der Waals surface area contributed by atoms with E-state index in [1.54, 1.807) is 0 Å². The Hall–Kier alpha value is 0.210. The SMILES string of the molecule is CC1CCC(CN(CCCCl)C2CCC2)O1. The zero-order valence-corrected chi connectivity index (χ0v) is 11.1. The Morgan fingerprint density at radius 1 is 1.25 bits per heavy atom. The van der Waals surface area contributed by atoms with Crippen LogP contribution in [0.15, 0.2) is 0 Å². The number of ether oxygens (including phenoxy) is 1. The van der Waals surface area contributed by atoms with Crippen LogP contribution >= 0.6 is 11.6 Å². The minimum absolute atomic E-state index is 0.473. The Morgan fingerprint density at radius 2 is 2.06 bits per heavy atom. The molecule has 0 spiro atoms. The summed E-state index contributed by atoms with van der Waals surface area (Å²) in [5, 5.41) is 0. The lowest BCUT2D eigenvalue weighted by atomic mass is 9.91. The molecule has 0 bridgehead atoms. The van der Waals surface area contributed by atoms with Gasteiger partial charge in [-0.3, -0.25) is 4.90 Å². The molecule has 16 heavy (non-hydrogen) atoms. The Labute approximate surface area is 104 Å². The molecule has 0 aromatic heterocycles. The van der Waals surface area contributed by atoms with Gasteiger partial charge in [0.15, 0.2) is 0 Å². The topological polar surface area (TPSA) is 12.5 Å². The lowest BCUT2D eigenvalue weighted by molar-refractivity contribution is 0.0102. The number of hydrogen-bond acceptors (Lipinski definition) is 2. The number of hydrogen-bond donors (Lipinski definition) is 0. The van der Waals surface area contributed by atoms with Crippen molar-refractivity contribution >= 4 is 11.6 Å². The van der Waals surface area contributed by atoms with E-state index in [0.29, 0.717) is 12.2 Å². The van der Waals surface area contributed by atoms with Crippen molar-refractivity contribution in [2.45, 2.75) is 63.7 Å². The second kappa shape index (κ2) is 6.23. The molecule has 1 heterocycles. The molecule has 2 aliphatic rings. The summed E-state index contributed by atoms with van der Waals surface area (Å²) in [6, 6.07) is 0.822. The van der Waals surface area contributed by atoms with Crippen LogP contribution in [0.25, 0.3) is 0 Å². The fourth-order valence-electron chi connectivity index (χ4n) is 2.72. The summed E-state index contributed by atoms with van der Waals surface area (Å²) in [4.78, 5) is 2.62. The lowest BCUT2D eigenvalue weighted by Crippen LogP contribution is -2.44. The van der Waals surface area contributed by atoms with Crippen LogP contribution in [0.1, 0.15) is 45.4 Å². The van der Waals surface area contributed by atoms with Gasteiger partial charge in [0.2, 0.25) is 0 Å². The molecular weight excluding hydrogens is 222 g/mol. The van der Waals surface area contributed by atoms with Crippen LogP contribution in [0.2, 0.25) is 0 Å². The summed E-state index contributed by atoms with van der Waals surface area (Å²) in [7, 11) is 0. The van der Waals surface area contributed by atoms with E-state index in [4.69, 9.17) is 16.3 Å². The van der Waals surface area contributed by atoms with Gasteiger partial charge in [-0.25, -0.2) is 0 Å². The van der Waals surface area contributed by atoms with Crippen molar-refractivity contribution in [3.05, 3.63) is 0 Å². The van der Waals surface area contributed by atoms with Gasteiger partial charge in [0.1, 0.15) is 0 Å². The summed E-state index contributed by atoms with van der Waals surface area (Å²) in [6.45, 7) is 4.47. The Kier molecular flexibility index (Phi) is 4.93. The summed E-state index contributed by atoms with van der Waals surface area (Å²) < 4.78 is 5.92. The molecule has 2 unspecified atom stereocenters. The van der Waals surface area contributed by atoms with Crippen LogP contribution in [-0.2, 0) is 4.74 Å². The highest BCUT2D eigenvalue weighted by molar-refractivity contribution is 6.17. The van der Waals surface area contributed by atoms with Gasteiger partial charge in [-0.15, -0.1) is 11.6 Å². The van der Waals surface area contributed by atoms with Crippen molar-refractivity contribution in [2.24, 2.45) is 0 Å². The minimum atomic E-state index is 0.473. The summed E-state index contributed by atoms with van der Waals surface area (Å²) >= 11 is 5.79. The van der Waals surface area contributed by atoms with E-state index in [1.807, 2.05) is 0 Å². The largest absolute Gasteiger partial charge is 0.374 e. The number of rotatable bonds is 6. The number of nitrogens with zero attached hydrogens (tertiary/aromatic N) is 1. The average molecular weight is 246 g/mol. The highest BCUT2D eigenvalue weighted by Gasteiger charge is 2.29. The third kappa shape index (κ3) is 3.35.